The molecule has 0 fully saturated rings. The van der Waals surface area contributed by atoms with Crippen molar-refractivity contribution < 1.29 is 14.3 Å². The van der Waals surface area contributed by atoms with Gasteiger partial charge in [-0.05, 0) is 68.7 Å². The Kier molecular flexibility index (Phi) is 5.91. The molecule has 0 unspecified atom stereocenters. The fraction of sp³-hybridized carbons (Fsp3) is 0.214. The van der Waals surface area contributed by atoms with Crippen molar-refractivity contribution in [1.29, 1.82) is 0 Å². The van der Waals surface area contributed by atoms with E-state index >= 15 is 0 Å². The van der Waals surface area contributed by atoms with Crippen molar-refractivity contribution >= 4 is 22.0 Å². The average Bonchev–Trinajstić information content (AvgIpc) is 2.89. The van der Waals surface area contributed by atoms with Gasteiger partial charge < -0.3 is 14.3 Å². The first-order valence-corrected chi connectivity index (χ1v) is 11.7. The lowest BCUT2D eigenvalue weighted by Crippen LogP contribution is -2.31. The van der Waals surface area contributed by atoms with Crippen LogP contribution in [0, 0.1) is 20.8 Å². The van der Waals surface area contributed by atoms with Crippen molar-refractivity contribution in [3.63, 3.8) is 0 Å². The first-order valence-electron chi connectivity index (χ1n) is 11.7. The van der Waals surface area contributed by atoms with Gasteiger partial charge in [-0.25, -0.2) is 14.6 Å². The van der Waals surface area contributed by atoms with Crippen LogP contribution in [0.1, 0.15) is 22.3 Å². The highest BCUT2D eigenvalue weighted by Gasteiger charge is 2.19. The Bertz CT molecular complexity index is 1860. The molecule has 9 heteroatoms. The van der Waals surface area contributed by atoms with Gasteiger partial charge >= 0.3 is 11.3 Å². The molecule has 0 atom stereocenters. The van der Waals surface area contributed by atoms with Crippen molar-refractivity contribution in [2.75, 3.05) is 7.11 Å². The number of aryl methyl sites for hydroxylation is 4. The Morgan fingerprint density at radius 2 is 1.70 bits per heavy atom. The Morgan fingerprint density at radius 1 is 0.973 bits per heavy atom. The quantitative estimate of drug-likeness (QED) is 0.353. The summed E-state index contributed by atoms with van der Waals surface area (Å²) in [7, 11) is 1.59. The molecular formula is C28H25N3O6. The molecule has 0 amide bonds. The number of fused-ring (bicyclic) bond motifs is 2. The number of rotatable bonds is 5. The molecule has 0 saturated heterocycles. The van der Waals surface area contributed by atoms with Crippen LogP contribution in [0.25, 0.3) is 33.3 Å². The maximum atomic E-state index is 12.8. The molecule has 5 aromatic rings. The Labute approximate surface area is 210 Å². The summed E-state index contributed by atoms with van der Waals surface area (Å²) >= 11 is 0. The fourth-order valence-corrected chi connectivity index (χ4v) is 4.47. The molecule has 3 aromatic heterocycles. The number of aromatic hydroxyl groups is 1. The highest BCUT2D eigenvalue weighted by Crippen LogP contribution is 2.37. The number of nitrogens with zero attached hydrogens (tertiary/aromatic N) is 2. The maximum Gasteiger partial charge on any atom is 0.339 e. The summed E-state index contributed by atoms with van der Waals surface area (Å²) in [4.78, 5) is 44.5. The number of phenols is 1. The van der Waals surface area contributed by atoms with Crippen molar-refractivity contribution in [3.8, 4) is 22.8 Å². The number of H-pyrrole nitrogens is 1. The molecule has 37 heavy (non-hydrogen) atoms. The van der Waals surface area contributed by atoms with Gasteiger partial charge in [0, 0.05) is 28.6 Å². The molecular weight excluding hydrogens is 474 g/mol. The van der Waals surface area contributed by atoms with Gasteiger partial charge in [0.2, 0.25) is 0 Å². The van der Waals surface area contributed by atoms with E-state index in [0.717, 1.165) is 16.9 Å². The van der Waals surface area contributed by atoms with Gasteiger partial charge in [0.15, 0.2) is 0 Å². The lowest BCUT2D eigenvalue weighted by atomic mass is 9.98. The SMILES string of the molecule is COc1ccc(CCn2c(=O)[nH]c(=O)c3ccc(-c4cc5c(C)c(C)c(=O)oc5c(C)c4O)nc32)cc1. The lowest BCUT2D eigenvalue weighted by molar-refractivity contribution is 0.414. The van der Waals surface area contributed by atoms with E-state index in [1.807, 2.05) is 31.2 Å². The molecule has 0 spiro atoms. The van der Waals surface area contributed by atoms with Gasteiger partial charge in [-0.1, -0.05) is 12.1 Å². The number of nitrogens with one attached hydrogen (secondary N) is 1. The molecule has 0 saturated carbocycles. The monoisotopic (exact) mass is 499 g/mol. The average molecular weight is 500 g/mol. The fourth-order valence-electron chi connectivity index (χ4n) is 4.47. The molecule has 3 heterocycles. The van der Waals surface area contributed by atoms with E-state index in [-0.39, 0.29) is 23.3 Å². The van der Waals surface area contributed by atoms with Crippen LogP contribution in [0.2, 0.25) is 0 Å². The summed E-state index contributed by atoms with van der Waals surface area (Å²) in [5.74, 6) is 0.639. The summed E-state index contributed by atoms with van der Waals surface area (Å²) < 4.78 is 12.1. The van der Waals surface area contributed by atoms with Gasteiger partial charge in [-0.2, -0.15) is 0 Å². The Balaban J connectivity index is 1.66. The second-order valence-electron chi connectivity index (χ2n) is 8.99. The van der Waals surface area contributed by atoms with Crippen molar-refractivity contribution in [2.24, 2.45) is 0 Å². The lowest BCUT2D eigenvalue weighted by Gasteiger charge is -2.14. The molecule has 188 valence electrons. The number of aromatic amines is 1. The van der Waals surface area contributed by atoms with E-state index in [9.17, 15) is 19.5 Å². The molecule has 0 aliphatic rings. The zero-order chi connectivity index (χ0) is 26.4. The predicted octanol–water partition coefficient (Wildman–Crippen LogP) is 3.74. The van der Waals surface area contributed by atoms with Crippen LogP contribution in [0.3, 0.4) is 0 Å². The van der Waals surface area contributed by atoms with E-state index < -0.39 is 16.9 Å². The number of methoxy groups -OCH3 is 1. The van der Waals surface area contributed by atoms with Gasteiger partial charge in [0.25, 0.3) is 5.56 Å². The highest BCUT2D eigenvalue weighted by molar-refractivity contribution is 5.92. The maximum absolute atomic E-state index is 12.8. The van der Waals surface area contributed by atoms with Crippen molar-refractivity contribution in [1.82, 2.24) is 14.5 Å². The summed E-state index contributed by atoms with van der Waals surface area (Å²) in [5.41, 5.74) is 2.35. The number of ether oxygens (including phenoxy) is 1. The van der Waals surface area contributed by atoms with E-state index in [2.05, 4.69) is 9.97 Å². The standard InChI is InChI=1S/C28H25N3O6/c1-14-15(2)27(34)37-24-16(3)23(32)21(13-20(14)24)22-10-9-19-25(29-22)31(28(35)30-26(19)33)12-11-17-5-7-18(36-4)8-6-17/h5-10,13,32H,11-12H2,1-4H3,(H,30,33,35). The highest BCUT2D eigenvalue weighted by atomic mass is 16.5. The third-order valence-electron chi connectivity index (χ3n) is 6.85. The van der Waals surface area contributed by atoms with Crippen LogP contribution < -0.4 is 21.6 Å². The molecule has 2 aromatic carbocycles. The first-order chi connectivity index (χ1) is 17.7. The predicted molar refractivity (Wildman–Crippen MR) is 141 cm³/mol. The van der Waals surface area contributed by atoms with Crippen LogP contribution in [-0.2, 0) is 13.0 Å². The molecule has 0 radical (unpaired) electrons. The number of hydrogen-bond donors (Lipinski definition) is 2. The Morgan fingerprint density at radius 3 is 2.41 bits per heavy atom. The second kappa shape index (κ2) is 9.09. The van der Waals surface area contributed by atoms with E-state index in [0.29, 0.717) is 39.8 Å². The number of pyridine rings is 1. The van der Waals surface area contributed by atoms with Gasteiger partial charge in [0.1, 0.15) is 22.7 Å². The van der Waals surface area contributed by atoms with Crippen LogP contribution >= 0.6 is 0 Å². The minimum absolute atomic E-state index is 0.0947. The molecule has 5 rings (SSSR count). The van der Waals surface area contributed by atoms with Gasteiger partial charge in [0.05, 0.1) is 18.2 Å². The smallest absolute Gasteiger partial charge is 0.339 e. The van der Waals surface area contributed by atoms with Crippen LogP contribution in [0.5, 0.6) is 11.5 Å². The second-order valence-corrected chi connectivity index (χ2v) is 8.99. The molecule has 0 aliphatic carbocycles. The summed E-state index contributed by atoms with van der Waals surface area (Å²) in [6.07, 6.45) is 0.523. The zero-order valence-corrected chi connectivity index (χ0v) is 20.8. The number of benzene rings is 2. The number of hydrogen-bond acceptors (Lipinski definition) is 7. The third kappa shape index (κ3) is 4.08. The summed E-state index contributed by atoms with van der Waals surface area (Å²) in [6, 6.07) is 12.4. The van der Waals surface area contributed by atoms with Gasteiger partial charge in [-0.3, -0.25) is 14.3 Å². The normalized spacial score (nSPS) is 11.4. The zero-order valence-electron chi connectivity index (χ0n) is 20.8. The van der Waals surface area contributed by atoms with Crippen LogP contribution in [0.4, 0.5) is 0 Å². The molecule has 0 aliphatic heterocycles. The van der Waals surface area contributed by atoms with E-state index in [4.69, 9.17) is 9.15 Å². The largest absolute Gasteiger partial charge is 0.507 e. The summed E-state index contributed by atoms with van der Waals surface area (Å²) in [5, 5.41) is 11.9. The van der Waals surface area contributed by atoms with Crippen LogP contribution in [0.15, 0.2) is 61.3 Å². The minimum atomic E-state index is -0.567. The topological polar surface area (TPSA) is 127 Å². The number of phenolic OH excluding ortho intramolecular Hbond substituents is 1. The Hall–Kier alpha value is -4.66. The van der Waals surface area contributed by atoms with Gasteiger partial charge in [-0.15, -0.1) is 0 Å². The minimum Gasteiger partial charge on any atom is -0.507 e. The van der Waals surface area contributed by atoms with Crippen LogP contribution in [-0.4, -0.2) is 26.8 Å². The molecule has 0 bridgehead atoms. The third-order valence-corrected chi connectivity index (χ3v) is 6.85. The molecule has 9 nitrogen and oxygen atoms in total. The first kappa shape index (κ1) is 24.1. The summed E-state index contributed by atoms with van der Waals surface area (Å²) in [6.45, 7) is 5.44. The van der Waals surface area contributed by atoms with E-state index in [1.165, 1.54) is 4.57 Å². The number of aromatic nitrogens is 3. The van der Waals surface area contributed by atoms with E-state index in [1.54, 1.807) is 39.2 Å². The van der Waals surface area contributed by atoms with Crippen molar-refractivity contribution in [2.45, 2.75) is 33.7 Å². The molecule has 2 N–H and O–H groups in total. The van der Waals surface area contributed by atoms with Crippen molar-refractivity contribution in [3.05, 3.63) is 96.0 Å².